The minimum atomic E-state index is -2.20. The Balaban J connectivity index is 0.000000209. The first kappa shape index (κ1) is 21.4. The summed E-state index contributed by atoms with van der Waals surface area (Å²) in [6, 6.07) is 31.6. The number of aryl methyl sites for hydroxylation is 2. The predicted octanol–water partition coefficient (Wildman–Crippen LogP) is 8.22. The van der Waals surface area contributed by atoms with Crippen molar-refractivity contribution in [2.45, 2.75) is 13.8 Å². The topological polar surface area (TPSA) is 51.8 Å². The maximum Gasteiger partial charge on any atom is 0.123 e. The minimum absolute atomic E-state index is 0. The number of pyridine rings is 2. The standard InChI is InChI=1S/C20H13N2OS.C11H8N.Ir/c1-11-6-7-16(21-10-11)14-5-3-4-13-15-8-19-17(22-12(2)24-19)9-18(15)23-20(13)14;1-2-6-10(7-3-1)11-8-4-5-9-12-11;/h3-4,6-10H,1-2H3;1-6,8-9H;/q2*-1;/i2D3;;. The van der Waals surface area contributed by atoms with E-state index in [-0.39, 0.29) is 25.1 Å². The molecule has 0 N–H and O–H groups in total. The van der Waals surface area contributed by atoms with Crippen LogP contribution in [0.15, 0.2) is 95.7 Å². The van der Waals surface area contributed by atoms with Gasteiger partial charge in [0.05, 0.1) is 20.8 Å². The summed E-state index contributed by atoms with van der Waals surface area (Å²) in [5.41, 5.74) is 6.74. The van der Waals surface area contributed by atoms with E-state index in [4.69, 9.17) is 8.53 Å². The molecule has 0 aliphatic heterocycles. The van der Waals surface area contributed by atoms with Crippen LogP contribution in [0.25, 0.3) is 54.7 Å². The summed E-state index contributed by atoms with van der Waals surface area (Å²) < 4.78 is 29.7. The molecular formula is C31H21IrN3OS-2. The molecule has 183 valence electrons. The maximum absolute atomic E-state index is 7.57. The van der Waals surface area contributed by atoms with Crippen molar-refractivity contribution in [3.63, 3.8) is 0 Å². The number of hydrogen-bond acceptors (Lipinski definition) is 5. The summed E-state index contributed by atoms with van der Waals surface area (Å²) >= 11 is 1.20. The van der Waals surface area contributed by atoms with Gasteiger partial charge in [0.2, 0.25) is 0 Å². The first-order valence-electron chi connectivity index (χ1n) is 12.9. The quantitative estimate of drug-likeness (QED) is 0.173. The summed E-state index contributed by atoms with van der Waals surface area (Å²) in [6.45, 7) is -0.207. The van der Waals surface area contributed by atoms with Gasteiger partial charge in [0.15, 0.2) is 0 Å². The van der Waals surface area contributed by atoms with Crippen LogP contribution in [0, 0.1) is 25.9 Å². The molecule has 0 unspecified atom stereocenters. The fourth-order valence-electron chi connectivity index (χ4n) is 4.04. The third kappa shape index (κ3) is 5.09. The van der Waals surface area contributed by atoms with E-state index in [0.29, 0.717) is 11.1 Å². The summed E-state index contributed by atoms with van der Waals surface area (Å²) in [7, 11) is 0. The van der Waals surface area contributed by atoms with Gasteiger partial charge in [0.25, 0.3) is 0 Å². The molecular weight excluding hydrogens is 655 g/mol. The van der Waals surface area contributed by atoms with Gasteiger partial charge in [-0.2, -0.15) is 0 Å². The molecule has 0 saturated carbocycles. The fourth-order valence-corrected chi connectivity index (χ4v) is 4.78. The van der Waals surface area contributed by atoms with E-state index in [0.717, 1.165) is 49.1 Å². The Morgan fingerprint density at radius 3 is 2.57 bits per heavy atom. The van der Waals surface area contributed by atoms with Crippen LogP contribution >= 0.6 is 11.3 Å². The van der Waals surface area contributed by atoms with E-state index in [1.165, 1.54) is 11.3 Å². The van der Waals surface area contributed by atoms with Gasteiger partial charge in [-0.15, -0.1) is 65.4 Å². The number of thiazole rings is 1. The Bertz CT molecular complexity index is 1860. The summed E-state index contributed by atoms with van der Waals surface area (Å²) in [4.78, 5) is 13.0. The van der Waals surface area contributed by atoms with Crippen molar-refractivity contribution < 1.29 is 28.6 Å². The van der Waals surface area contributed by atoms with E-state index in [1.807, 2.05) is 92.0 Å². The zero-order chi connectivity index (χ0) is 27.0. The first-order valence-corrected chi connectivity index (χ1v) is 12.2. The average Bonchev–Trinajstić information content (AvgIpc) is 3.54. The van der Waals surface area contributed by atoms with E-state index in [2.05, 4.69) is 27.1 Å². The smallest absolute Gasteiger partial charge is 0.123 e. The van der Waals surface area contributed by atoms with Gasteiger partial charge in [0.1, 0.15) is 5.58 Å². The third-order valence-corrected chi connectivity index (χ3v) is 6.59. The molecule has 0 bridgehead atoms. The van der Waals surface area contributed by atoms with Crippen molar-refractivity contribution in [2.75, 3.05) is 0 Å². The Kier molecular flexibility index (Phi) is 6.20. The Labute approximate surface area is 236 Å². The van der Waals surface area contributed by atoms with Crippen LogP contribution in [0.5, 0.6) is 0 Å². The molecule has 0 aliphatic rings. The van der Waals surface area contributed by atoms with Crippen molar-refractivity contribution in [1.29, 1.82) is 0 Å². The number of fused-ring (bicyclic) bond motifs is 4. The molecule has 1 radical (unpaired) electrons. The molecule has 0 spiro atoms. The van der Waals surface area contributed by atoms with Crippen LogP contribution in [0.1, 0.15) is 14.7 Å². The molecule has 6 heteroatoms. The van der Waals surface area contributed by atoms with Gasteiger partial charge < -0.3 is 14.4 Å². The van der Waals surface area contributed by atoms with Crippen molar-refractivity contribution in [3.8, 4) is 22.5 Å². The van der Waals surface area contributed by atoms with Gasteiger partial charge in [-0.25, -0.2) is 4.98 Å². The summed E-state index contributed by atoms with van der Waals surface area (Å²) in [6.07, 6.45) is 3.61. The Morgan fingerprint density at radius 2 is 1.81 bits per heavy atom. The first-order chi connectivity index (χ1) is 18.9. The zero-order valence-corrected chi connectivity index (χ0v) is 22.9. The molecule has 0 amide bonds. The molecule has 4 nitrogen and oxygen atoms in total. The zero-order valence-electron chi connectivity index (χ0n) is 22.7. The monoisotopic (exact) mass is 679 g/mol. The summed E-state index contributed by atoms with van der Waals surface area (Å²) in [5, 5.41) is 2.03. The number of nitrogens with zero attached hydrogens (tertiary/aromatic N) is 3. The molecule has 0 atom stereocenters. The molecule has 37 heavy (non-hydrogen) atoms. The van der Waals surface area contributed by atoms with Crippen LogP contribution in [-0.4, -0.2) is 15.0 Å². The third-order valence-electron chi connectivity index (χ3n) is 5.76. The fraction of sp³-hybridized carbons (Fsp3) is 0.0645. The van der Waals surface area contributed by atoms with Crippen molar-refractivity contribution in [2.24, 2.45) is 0 Å². The van der Waals surface area contributed by atoms with Crippen molar-refractivity contribution in [1.82, 2.24) is 15.0 Å². The van der Waals surface area contributed by atoms with Gasteiger partial charge in [0, 0.05) is 48.1 Å². The van der Waals surface area contributed by atoms with E-state index in [1.54, 1.807) is 6.20 Å². The van der Waals surface area contributed by atoms with Gasteiger partial charge in [-0.1, -0.05) is 35.2 Å². The van der Waals surface area contributed by atoms with E-state index < -0.39 is 6.85 Å². The van der Waals surface area contributed by atoms with Crippen LogP contribution < -0.4 is 0 Å². The van der Waals surface area contributed by atoms with E-state index in [9.17, 15) is 0 Å². The van der Waals surface area contributed by atoms with Gasteiger partial charge >= 0.3 is 0 Å². The molecule has 0 saturated heterocycles. The number of hydrogen-bond donors (Lipinski definition) is 0. The van der Waals surface area contributed by atoms with Crippen LogP contribution in [0.2, 0.25) is 0 Å². The van der Waals surface area contributed by atoms with Gasteiger partial charge in [-0.3, -0.25) is 0 Å². The van der Waals surface area contributed by atoms with Crippen LogP contribution in [-0.2, 0) is 20.1 Å². The van der Waals surface area contributed by atoms with Crippen molar-refractivity contribution in [3.05, 3.63) is 114 Å². The normalized spacial score (nSPS) is 12.3. The van der Waals surface area contributed by atoms with E-state index >= 15 is 0 Å². The second kappa shape index (κ2) is 10.7. The molecule has 4 heterocycles. The Morgan fingerprint density at radius 1 is 0.892 bits per heavy atom. The van der Waals surface area contributed by atoms with Crippen molar-refractivity contribution >= 4 is 43.5 Å². The maximum atomic E-state index is 7.57. The molecule has 7 aromatic rings. The Hall–Kier alpha value is -3.70. The summed E-state index contributed by atoms with van der Waals surface area (Å²) in [5.74, 6) is 0. The number of benzene rings is 3. The largest absolute Gasteiger partial charge is 0.501 e. The molecule has 4 aromatic heterocycles. The van der Waals surface area contributed by atoms with Crippen LogP contribution in [0.4, 0.5) is 0 Å². The number of furan rings is 1. The minimum Gasteiger partial charge on any atom is -0.501 e. The van der Waals surface area contributed by atoms with Crippen LogP contribution in [0.3, 0.4) is 0 Å². The second-order valence-corrected chi connectivity index (χ2v) is 9.28. The number of rotatable bonds is 2. The predicted molar refractivity (Wildman–Crippen MR) is 147 cm³/mol. The molecule has 7 rings (SSSR count). The molecule has 0 fully saturated rings. The second-order valence-electron chi connectivity index (χ2n) is 8.24. The van der Waals surface area contributed by atoms with Gasteiger partial charge in [-0.05, 0) is 42.9 Å². The molecule has 3 aromatic carbocycles. The SMILES string of the molecule is [2H]C([2H])([2H])c1nc2cc3oc4c(-c5ccc(C)cn5)[c-]ccc4c3cc2s1.[Ir].[c-]1ccccc1-c1ccccn1. The average molecular weight is 679 g/mol. The molecule has 0 aliphatic carbocycles. The number of aromatic nitrogens is 3.